The molecule has 0 aliphatic carbocycles. The molecule has 8 heteroatoms. The van der Waals surface area contributed by atoms with Crippen molar-refractivity contribution in [2.45, 2.75) is 10.6 Å². The average molecular weight is 392 g/mol. The van der Waals surface area contributed by atoms with Crippen LogP contribution in [0.5, 0.6) is 5.75 Å². The van der Waals surface area contributed by atoms with Crippen molar-refractivity contribution >= 4 is 43.0 Å². The van der Waals surface area contributed by atoms with Gasteiger partial charge in [-0.2, -0.15) is 0 Å². The van der Waals surface area contributed by atoms with Gasteiger partial charge in [-0.1, -0.05) is 0 Å². The summed E-state index contributed by atoms with van der Waals surface area (Å²) < 4.78 is 33.2. The Hall–Kier alpha value is -1.09. The predicted octanol–water partition coefficient (Wildman–Crippen LogP) is 2.85. The topological polar surface area (TPSA) is 75.6 Å². The lowest BCUT2D eigenvalue weighted by Gasteiger charge is -2.09. The van der Waals surface area contributed by atoms with E-state index in [0.29, 0.717) is 17.9 Å². The van der Waals surface area contributed by atoms with Crippen molar-refractivity contribution in [3.8, 4) is 5.75 Å². The zero-order valence-electron chi connectivity index (χ0n) is 11.2. The van der Waals surface area contributed by atoms with Crippen LogP contribution >= 0.6 is 27.3 Å². The summed E-state index contributed by atoms with van der Waals surface area (Å²) in [6.45, 7) is -0.00264. The van der Waals surface area contributed by atoms with Crippen molar-refractivity contribution in [1.29, 1.82) is 0 Å². The summed E-state index contributed by atoms with van der Waals surface area (Å²) in [6, 6.07) is 8.20. The molecule has 1 heterocycles. The van der Waals surface area contributed by atoms with Crippen LogP contribution in [0.2, 0.25) is 0 Å². The number of halogens is 1. The van der Waals surface area contributed by atoms with Crippen molar-refractivity contribution in [3.05, 3.63) is 39.7 Å². The summed E-state index contributed by atoms with van der Waals surface area (Å²) in [5, 5.41) is 8.87. The SMILES string of the molecule is COc1cc(NS(=O)(=O)c2ccc(CCO)s2)ccc1Br. The predicted molar refractivity (Wildman–Crippen MR) is 86.6 cm³/mol. The molecule has 0 fully saturated rings. The molecule has 0 aliphatic rings. The standard InChI is InChI=1S/C13H14BrNO4S2/c1-19-12-8-9(2-4-11(12)14)15-21(17,18)13-5-3-10(20-13)6-7-16/h2-5,8,15-16H,6-7H2,1H3. The van der Waals surface area contributed by atoms with E-state index in [1.807, 2.05) is 0 Å². The fourth-order valence-electron chi connectivity index (χ4n) is 1.68. The largest absolute Gasteiger partial charge is 0.495 e. The van der Waals surface area contributed by atoms with Crippen molar-refractivity contribution in [2.75, 3.05) is 18.4 Å². The van der Waals surface area contributed by atoms with Gasteiger partial charge in [-0.15, -0.1) is 11.3 Å². The van der Waals surface area contributed by atoms with Gasteiger partial charge in [-0.25, -0.2) is 8.42 Å². The zero-order valence-corrected chi connectivity index (χ0v) is 14.4. The molecule has 21 heavy (non-hydrogen) atoms. The Morgan fingerprint density at radius 2 is 2.10 bits per heavy atom. The van der Waals surface area contributed by atoms with E-state index in [2.05, 4.69) is 20.7 Å². The van der Waals surface area contributed by atoms with Crippen LogP contribution in [0, 0.1) is 0 Å². The molecular weight excluding hydrogens is 378 g/mol. The quantitative estimate of drug-likeness (QED) is 0.793. The first-order valence-electron chi connectivity index (χ1n) is 6.02. The Kier molecular flexibility index (Phi) is 5.26. The number of thiophene rings is 1. The molecule has 5 nitrogen and oxygen atoms in total. The number of nitrogens with one attached hydrogen (secondary N) is 1. The third-order valence-electron chi connectivity index (χ3n) is 2.66. The number of benzene rings is 1. The minimum atomic E-state index is -3.63. The fourth-order valence-corrected chi connectivity index (χ4v) is 4.48. The molecule has 0 saturated carbocycles. The van der Waals surface area contributed by atoms with E-state index in [1.54, 1.807) is 24.3 Å². The molecule has 114 valence electrons. The van der Waals surface area contributed by atoms with Crippen molar-refractivity contribution in [2.24, 2.45) is 0 Å². The third-order valence-corrected chi connectivity index (χ3v) is 6.34. The van der Waals surface area contributed by atoms with Gasteiger partial charge in [-0.3, -0.25) is 4.72 Å². The molecule has 0 radical (unpaired) electrons. The number of hydrogen-bond donors (Lipinski definition) is 2. The van der Waals surface area contributed by atoms with Crippen LogP contribution in [0.15, 0.2) is 39.0 Å². The van der Waals surface area contributed by atoms with E-state index >= 15 is 0 Å². The van der Waals surface area contributed by atoms with Gasteiger partial charge in [0.25, 0.3) is 10.0 Å². The van der Waals surface area contributed by atoms with Crippen LogP contribution in [-0.2, 0) is 16.4 Å². The van der Waals surface area contributed by atoms with E-state index in [9.17, 15) is 8.42 Å². The second-order valence-corrected chi connectivity index (χ2v) is 8.08. The summed E-state index contributed by atoms with van der Waals surface area (Å²) >= 11 is 4.46. The van der Waals surface area contributed by atoms with Crippen LogP contribution in [-0.4, -0.2) is 27.2 Å². The first-order valence-corrected chi connectivity index (χ1v) is 9.11. The van der Waals surface area contributed by atoms with Gasteiger partial charge in [0.15, 0.2) is 0 Å². The highest BCUT2D eigenvalue weighted by molar-refractivity contribution is 9.10. The number of aliphatic hydroxyl groups excluding tert-OH is 1. The number of ether oxygens (including phenoxy) is 1. The lowest BCUT2D eigenvalue weighted by molar-refractivity contribution is 0.300. The highest BCUT2D eigenvalue weighted by atomic mass is 79.9. The number of aliphatic hydroxyl groups is 1. The summed E-state index contributed by atoms with van der Waals surface area (Å²) in [5.74, 6) is 0.544. The third kappa shape index (κ3) is 3.97. The molecule has 1 aromatic carbocycles. The summed E-state index contributed by atoms with van der Waals surface area (Å²) in [5.41, 5.74) is 0.423. The molecule has 2 rings (SSSR count). The Labute approximate surface area is 135 Å². The second kappa shape index (κ2) is 6.78. The Bertz CT molecular complexity index is 728. The maximum atomic E-state index is 12.3. The monoisotopic (exact) mass is 391 g/mol. The molecule has 0 spiro atoms. The van der Waals surface area contributed by atoms with Gasteiger partial charge < -0.3 is 9.84 Å². The van der Waals surface area contributed by atoms with Crippen LogP contribution in [0.4, 0.5) is 5.69 Å². The first kappa shape index (κ1) is 16.3. The second-order valence-electron chi connectivity index (χ2n) is 4.15. The molecule has 0 amide bonds. The van der Waals surface area contributed by atoms with Crippen LogP contribution in [0.3, 0.4) is 0 Å². The van der Waals surface area contributed by atoms with Gasteiger partial charge in [0.2, 0.25) is 0 Å². The highest BCUT2D eigenvalue weighted by Crippen LogP contribution is 2.30. The molecule has 0 saturated heterocycles. The molecule has 2 aromatic rings. The van der Waals surface area contributed by atoms with Gasteiger partial charge >= 0.3 is 0 Å². The van der Waals surface area contributed by atoms with Crippen LogP contribution in [0.1, 0.15) is 4.88 Å². The van der Waals surface area contributed by atoms with Crippen molar-refractivity contribution in [3.63, 3.8) is 0 Å². The van der Waals surface area contributed by atoms with Crippen molar-refractivity contribution < 1.29 is 18.3 Å². The van der Waals surface area contributed by atoms with E-state index < -0.39 is 10.0 Å². The number of methoxy groups -OCH3 is 1. The molecule has 1 aromatic heterocycles. The molecule has 2 N–H and O–H groups in total. The van der Waals surface area contributed by atoms with Crippen LogP contribution < -0.4 is 9.46 Å². The molecule has 0 unspecified atom stereocenters. The lowest BCUT2D eigenvalue weighted by Crippen LogP contribution is -2.11. The van der Waals surface area contributed by atoms with Gasteiger partial charge in [0.1, 0.15) is 9.96 Å². The maximum absolute atomic E-state index is 12.3. The molecule has 0 atom stereocenters. The Balaban J connectivity index is 2.24. The summed E-state index contributed by atoms with van der Waals surface area (Å²) in [4.78, 5) is 0.825. The smallest absolute Gasteiger partial charge is 0.271 e. The van der Waals surface area contributed by atoms with Crippen LogP contribution in [0.25, 0.3) is 0 Å². The minimum Gasteiger partial charge on any atom is -0.495 e. The Morgan fingerprint density at radius 3 is 2.76 bits per heavy atom. The molecule has 0 aliphatic heterocycles. The molecule has 0 bridgehead atoms. The molecular formula is C13H14BrNO4S2. The minimum absolute atomic E-state index is 0.00264. The first-order chi connectivity index (χ1) is 9.96. The number of rotatable bonds is 6. The normalized spacial score (nSPS) is 11.4. The highest BCUT2D eigenvalue weighted by Gasteiger charge is 2.17. The fraction of sp³-hybridized carbons (Fsp3) is 0.231. The van der Waals surface area contributed by atoms with E-state index in [0.717, 1.165) is 20.7 Å². The van der Waals surface area contributed by atoms with Crippen molar-refractivity contribution in [1.82, 2.24) is 0 Å². The Morgan fingerprint density at radius 1 is 1.33 bits per heavy atom. The summed E-state index contributed by atoms with van der Waals surface area (Å²) in [7, 11) is -2.12. The lowest BCUT2D eigenvalue weighted by atomic mass is 10.3. The van der Waals surface area contributed by atoms with Gasteiger partial charge in [0.05, 0.1) is 17.3 Å². The summed E-state index contributed by atoms with van der Waals surface area (Å²) in [6.07, 6.45) is 0.451. The number of anilines is 1. The van der Waals surface area contributed by atoms with E-state index in [4.69, 9.17) is 9.84 Å². The van der Waals surface area contributed by atoms with Gasteiger partial charge in [-0.05, 0) is 40.2 Å². The number of sulfonamides is 1. The maximum Gasteiger partial charge on any atom is 0.271 e. The average Bonchev–Trinajstić information content (AvgIpc) is 2.91. The van der Waals surface area contributed by atoms with E-state index in [1.165, 1.54) is 13.2 Å². The number of hydrogen-bond acceptors (Lipinski definition) is 5. The van der Waals surface area contributed by atoms with Gasteiger partial charge in [0, 0.05) is 24.0 Å². The zero-order chi connectivity index (χ0) is 15.5. The van der Waals surface area contributed by atoms with E-state index in [-0.39, 0.29) is 10.8 Å².